The highest BCUT2D eigenvalue weighted by molar-refractivity contribution is 5.85. The van der Waals surface area contributed by atoms with Gasteiger partial charge in [-0.25, -0.2) is 4.39 Å². The van der Waals surface area contributed by atoms with Crippen molar-refractivity contribution in [3.8, 4) is 6.07 Å². The third-order valence-electron chi connectivity index (χ3n) is 4.20. The molecular weight excluding hydrogens is 327 g/mol. The molecule has 3 nitrogen and oxygen atoms in total. The molecule has 0 bridgehead atoms. The van der Waals surface area contributed by atoms with Crippen molar-refractivity contribution in [3.05, 3.63) is 70.5 Å². The van der Waals surface area contributed by atoms with Crippen molar-refractivity contribution in [3.63, 3.8) is 0 Å². The third-order valence-corrected chi connectivity index (χ3v) is 4.20. The van der Waals surface area contributed by atoms with Crippen LogP contribution in [0, 0.1) is 17.1 Å². The maximum absolute atomic E-state index is 13.4. The van der Waals surface area contributed by atoms with Gasteiger partial charge in [-0.05, 0) is 67.3 Å². The van der Waals surface area contributed by atoms with Gasteiger partial charge < -0.3 is 10.1 Å². The normalized spacial score (nSPS) is 22.8. The number of nitriles is 1. The zero-order valence-corrected chi connectivity index (χ0v) is 13.7. The highest BCUT2D eigenvalue weighted by Gasteiger charge is 2.41. The van der Waals surface area contributed by atoms with E-state index in [4.69, 9.17) is 15.5 Å². The lowest BCUT2D eigenvalue weighted by atomic mass is 9.81. The predicted octanol–water partition coefficient (Wildman–Crippen LogP) is 3.89. The molecule has 1 aliphatic heterocycles. The summed E-state index contributed by atoms with van der Waals surface area (Å²) in [6.45, 7) is -3.11. The Balaban J connectivity index is 0.00000280. The van der Waals surface area contributed by atoms with Crippen LogP contribution in [0.1, 0.15) is 40.6 Å². The van der Waals surface area contributed by atoms with E-state index in [0.29, 0.717) is 12.0 Å². The largest absolute Gasteiger partial charge is 0.361 e. The lowest BCUT2D eigenvalue weighted by molar-refractivity contribution is -0.0128. The molecule has 2 aromatic rings. The van der Waals surface area contributed by atoms with Gasteiger partial charge in [-0.3, -0.25) is 0 Å². The van der Waals surface area contributed by atoms with Gasteiger partial charge in [0.1, 0.15) is 11.4 Å². The minimum Gasteiger partial charge on any atom is -0.361 e. The van der Waals surface area contributed by atoms with E-state index in [0.717, 1.165) is 16.7 Å². The minimum atomic E-state index is -2.40. The summed E-state index contributed by atoms with van der Waals surface area (Å²) >= 11 is 0. The first-order chi connectivity index (χ1) is 12.7. The summed E-state index contributed by atoms with van der Waals surface area (Å²) in [5.74, 6) is -0.366. The third kappa shape index (κ3) is 3.29. The molecule has 2 atom stereocenters. The molecule has 5 heteroatoms. The zero-order valence-electron chi connectivity index (χ0n) is 16.9. The lowest BCUT2D eigenvalue weighted by Crippen LogP contribution is -2.28. The van der Waals surface area contributed by atoms with Crippen molar-refractivity contribution in [2.45, 2.75) is 25.0 Å². The molecule has 2 unspecified atom stereocenters. The molecule has 0 aliphatic carbocycles. The minimum absolute atomic E-state index is 0. The van der Waals surface area contributed by atoms with Crippen molar-refractivity contribution in [2.24, 2.45) is 0 Å². The van der Waals surface area contributed by atoms with Gasteiger partial charge in [-0.1, -0.05) is 18.2 Å². The van der Waals surface area contributed by atoms with Crippen LogP contribution in [-0.2, 0) is 16.9 Å². The van der Waals surface area contributed by atoms with Crippen molar-refractivity contribution >= 4 is 12.4 Å². The van der Waals surface area contributed by atoms with Crippen LogP contribution >= 0.6 is 12.4 Å². The second-order valence-electron chi connectivity index (χ2n) is 5.49. The SMILES string of the molecule is Cl.[2H]C(CCC1(c2ccc(F)cc2)OCc2cc(C#N)ccc21)NC([2H])([2H])[2H]. The Kier molecular flexibility index (Phi) is 4.32. The number of nitrogens with one attached hydrogen (secondary N) is 1. The van der Waals surface area contributed by atoms with E-state index in [1.807, 2.05) is 6.07 Å². The van der Waals surface area contributed by atoms with E-state index < -0.39 is 19.1 Å². The lowest BCUT2D eigenvalue weighted by Gasteiger charge is -2.30. The number of hydrogen-bond acceptors (Lipinski definition) is 3. The first-order valence-electron chi connectivity index (χ1n) is 9.45. The summed E-state index contributed by atoms with van der Waals surface area (Å²) in [5.41, 5.74) is 2.06. The molecular formula is C19H20ClFN2O. The number of rotatable bonds is 5. The van der Waals surface area contributed by atoms with Gasteiger partial charge in [-0.2, -0.15) is 5.26 Å². The fourth-order valence-electron chi connectivity index (χ4n) is 3.11. The summed E-state index contributed by atoms with van der Waals surface area (Å²) in [5, 5.41) is 11.4. The number of hydrogen-bond donors (Lipinski definition) is 1. The Hall–Kier alpha value is -1.93. The van der Waals surface area contributed by atoms with Crippen molar-refractivity contribution in [1.29, 1.82) is 5.26 Å². The topological polar surface area (TPSA) is 45.0 Å². The molecule has 1 N–H and O–H groups in total. The Morgan fingerprint density at radius 2 is 2.17 bits per heavy atom. The summed E-state index contributed by atoms with van der Waals surface area (Å²) in [6.07, 6.45) is 0.560. The molecule has 0 spiro atoms. The second-order valence-corrected chi connectivity index (χ2v) is 5.49. The summed E-state index contributed by atoms with van der Waals surface area (Å²) in [6, 6.07) is 13.4. The molecule has 0 fully saturated rings. The van der Waals surface area contributed by atoms with E-state index in [1.54, 1.807) is 24.3 Å². The fraction of sp³-hybridized carbons (Fsp3) is 0.316. The molecule has 0 amide bonds. The van der Waals surface area contributed by atoms with Gasteiger partial charge in [0.2, 0.25) is 0 Å². The van der Waals surface area contributed by atoms with Gasteiger partial charge in [0.05, 0.1) is 18.2 Å². The molecule has 24 heavy (non-hydrogen) atoms. The Morgan fingerprint density at radius 3 is 2.88 bits per heavy atom. The van der Waals surface area contributed by atoms with Crippen molar-refractivity contribution in [1.82, 2.24) is 5.32 Å². The first kappa shape index (κ1) is 13.4. The molecule has 3 rings (SSSR count). The standard InChI is InChI=1S/C19H19FN2O.ClH/c1-22-10-2-9-19(16-4-6-17(20)7-5-16)18-8-3-14(12-21)11-15(18)13-23-19;/h3-8,11,22H,2,9-10,13H2,1H3;1H/i1D3,10D;. The number of nitrogens with zero attached hydrogens (tertiary/aromatic N) is 1. The molecule has 1 heterocycles. The van der Waals surface area contributed by atoms with Gasteiger partial charge in [0, 0.05) is 5.48 Å². The van der Waals surface area contributed by atoms with Crippen LogP contribution in [-0.4, -0.2) is 13.5 Å². The van der Waals surface area contributed by atoms with E-state index >= 15 is 0 Å². The van der Waals surface area contributed by atoms with Crippen LogP contribution < -0.4 is 5.32 Å². The number of benzene rings is 2. The van der Waals surface area contributed by atoms with Gasteiger partial charge in [0.25, 0.3) is 0 Å². The van der Waals surface area contributed by atoms with Crippen LogP contribution in [0.15, 0.2) is 42.5 Å². The molecule has 1 aliphatic rings. The van der Waals surface area contributed by atoms with Crippen molar-refractivity contribution < 1.29 is 14.6 Å². The van der Waals surface area contributed by atoms with E-state index in [1.165, 1.54) is 12.1 Å². The van der Waals surface area contributed by atoms with Gasteiger partial charge >= 0.3 is 0 Å². The molecule has 0 aromatic heterocycles. The van der Waals surface area contributed by atoms with Crippen LogP contribution in [0.5, 0.6) is 0 Å². The molecule has 0 saturated heterocycles. The average Bonchev–Trinajstić information content (AvgIpc) is 2.98. The smallest absolute Gasteiger partial charge is 0.123 e. The summed E-state index contributed by atoms with van der Waals surface area (Å²) < 4.78 is 49.3. The van der Waals surface area contributed by atoms with Crippen LogP contribution in [0.4, 0.5) is 4.39 Å². The van der Waals surface area contributed by atoms with Crippen molar-refractivity contribution in [2.75, 3.05) is 13.5 Å². The first-order valence-corrected chi connectivity index (χ1v) is 7.37. The predicted molar refractivity (Wildman–Crippen MR) is 93.5 cm³/mol. The maximum atomic E-state index is 13.4. The second kappa shape index (κ2) is 7.76. The quantitative estimate of drug-likeness (QED) is 0.889. The van der Waals surface area contributed by atoms with E-state index in [-0.39, 0.29) is 31.3 Å². The highest BCUT2D eigenvalue weighted by Crippen LogP contribution is 2.45. The molecule has 126 valence electrons. The monoisotopic (exact) mass is 350 g/mol. The average molecular weight is 351 g/mol. The number of halogens is 2. The van der Waals surface area contributed by atoms with Crippen LogP contribution in [0.25, 0.3) is 0 Å². The van der Waals surface area contributed by atoms with Gasteiger partial charge in [0.15, 0.2) is 0 Å². The Bertz CT molecular complexity index is 870. The molecule has 2 aromatic carbocycles. The van der Waals surface area contributed by atoms with E-state index in [2.05, 4.69) is 11.4 Å². The molecule has 0 radical (unpaired) electrons. The highest BCUT2D eigenvalue weighted by atomic mass is 35.5. The van der Waals surface area contributed by atoms with Crippen LogP contribution in [0.2, 0.25) is 0 Å². The Morgan fingerprint density at radius 1 is 1.38 bits per heavy atom. The zero-order chi connectivity index (χ0) is 19.7. The summed E-state index contributed by atoms with van der Waals surface area (Å²) in [7, 11) is 0. The number of ether oxygens (including phenoxy) is 1. The molecule has 0 saturated carbocycles. The van der Waals surface area contributed by atoms with Crippen LogP contribution in [0.3, 0.4) is 0 Å². The Labute approximate surface area is 153 Å². The number of fused-ring (bicyclic) bond motifs is 1. The van der Waals surface area contributed by atoms with Gasteiger partial charge in [-0.15, -0.1) is 12.4 Å². The van der Waals surface area contributed by atoms with E-state index in [9.17, 15) is 4.39 Å². The fourth-order valence-corrected chi connectivity index (χ4v) is 3.11. The maximum Gasteiger partial charge on any atom is 0.123 e. The summed E-state index contributed by atoms with van der Waals surface area (Å²) in [4.78, 5) is 0.